The summed E-state index contributed by atoms with van der Waals surface area (Å²) < 4.78 is 0. The van der Waals surface area contributed by atoms with Crippen molar-refractivity contribution in [3.63, 3.8) is 0 Å². The van der Waals surface area contributed by atoms with Crippen molar-refractivity contribution in [2.45, 2.75) is 34.6 Å². The Labute approximate surface area is 88.5 Å². The van der Waals surface area contributed by atoms with Gasteiger partial charge in [0.2, 0.25) is 0 Å². The number of hydrogen-bond acceptors (Lipinski definition) is 1. The molecule has 80 valence electrons. The van der Waals surface area contributed by atoms with E-state index in [9.17, 15) is 0 Å². The van der Waals surface area contributed by atoms with E-state index in [-0.39, 0.29) is 0 Å². The van der Waals surface area contributed by atoms with Gasteiger partial charge in [0.25, 0.3) is 0 Å². The Morgan fingerprint density at radius 1 is 1.07 bits per heavy atom. The van der Waals surface area contributed by atoms with Crippen LogP contribution in [0.25, 0.3) is 0 Å². The van der Waals surface area contributed by atoms with Crippen LogP contribution >= 0.6 is 0 Å². The fraction of sp³-hybridized carbons (Fsp3) is 0.538. The number of benzene rings is 1. The van der Waals surface area contributed by atoms with Gasteiger partial charge >= 0.3 is 0 Å². The average Bonchev–Trinajstić information content (AvgIpc) is 2.20. The summed E-state index contributed by atoms with van der Waals surface area (Å²) in [5.74, 6) is 0.700. The number of anilines is 1. The summed E-state index contributed by atoms with van der Waals surface area (Å²) in [6.45, 7) is 11.6. The first-order chi connectivity index (χ1) is 6.68. The van der Waals surface area contributed by atoms with Crippen LogP contribution < -0.4 is 5.32 Å². The van der Waals surface area contributed by atoms with Crippen LogP contribution in [0, 0.1) is 12.8 Å². The minimum atomic E-state index is 0.700. The van der Waals surface area contributed by atoms with Gasteiger partial charge in [0.1, 0.15) is 0 Å². The minimum Gasteiger partial charge on any atom is -0.385 e. The van der Waals surface area contributed by atoms with E-state index in [2.05, 4.69) is 50.4 Å². The average molecular weight is 193 g/mol. The minimum absolute atomic E-state index is 0.700. The number of nitrogens with one attached hydrogen (secondary N) is 1. The molecule has 0 unspecified atom stereocenters. The van der Waals surface area contributed by atoms with Gasteiger partial charge in [-0.1, -0.05) is 45.4 Å². The van der Waals surface area contributed by atoms with Gasteiger partial charge in [-0.15, -0.1) is 0 Å². The molecule has 0 heterocycles. The maximum atomic E-state index is 3.37. The molecule has 0 aliphatic carbocycles. The van der Waals surface area contributed by atoms with Crippen molar-refractivity contribution < 1.29 is 0 Å². The molecule has 0 radical (unpaired) electrons. The van der Waals surface area contributed by atoms with Gasteiger partial charge in [0, 0.05) is 12.2 Å². The molecule has 0 amide bonds. The van der Waals surface area contributed by atoms with E-state index in [0.29, 0.717) is 5.92 Å². The van der Waals surface area contributed by atoms with Crippen LogP contribution in [0.1, 0.15) is 33.3 Å². The highest BCUT2D eigenvalue weighted by Gasteiger charge is 1.93. The third-order valence-corrected chi connectivity index (χ3v) is 1.77. The Balaban J connectivity index is 0.000000791. The second kappa shape index (κ2) is 7.43. The van der Waals surface area contributed by atoms with Crippen LogP contribution in [0.15, 0.2) is 24.3 Å². The van der Waals surface area contributed by atoms with Gasteiger partial charge in [-0.2, -0.15) is 0 Å². The van der Waals surface area contributed by atoms with Crippen LogP contribution in [0.4, 0.5) is 5.69 Å². The molecule has 1 N–H and O–H groups in total. The fourth-order valence-electron chi connectivity index (χ4n) is 0.993. The smallest absolute Gasteiger partial charge is 0.0340 e. The van der Waals surface area contributed by atoms with Crippen LogP contribution in [-0.4, -0.2) is 6.54 Å². The zero-order valence-corrected chi connectivity index (χ0v) is 10.1. The molecule has 1 heteroatoms. The summed E-state index contributed by atoms with van der Waals surface area (Å²) in [7, 11) is 0. The first-order valence-electron chi connectivity index (χ1n) is 5.49. The van der Waals surface area contributed by atoms with Gasteiger partial charge in [-0.05, 0) is 25.0 Å². The van der Waals surface area contributed by atoms with Gasteiger partial charge < -0.3 is 5.32 Å². The summed E-state index contributed by atoms with van der Waals surface area (Å²) in [5.41, 5.74) is 2.53. The van der Waals surface area contributed by atoms with Gasteiger partial charge in [-0.3, -0.25) is 0 Å². The number of aryl methyl sites for hydroxylation is 1. The fourth-order valence-corrected chi connectivity index (χ4v) is 0.993. The lowest BCUT2D eigenvalue weighted by molar-refractivity contribution is 0.689. The van der Waals surface area contributed by atoms with Crippen molar-refractivity contribution in [1.82, 2.24) is 0 Å². The highest BCUT2D eigenvalue weighted by Crippen LogP contribution is 2.08. The molecule has 0 spiro atoms. The Morgan fingerprint density at radius 2 is 1.57 bits per heavy atom. The van der Waals surface area contributed by atoms with E-state index < -0.39 is 0 Å². The number of hydrogen-bond donors (Lipinski definition) is 1. The lowest BCUT2D eigenvalue weighted by atomic mass is 10.2. The molecule has 14 heavy (non-hydrogen) atoms. The molecule has 1 nitrogen and oxygen atoms in total. The maximum Gasteiger partial charge on any atom is 0.0340 e. The zero-order chi connectivity index (χ0) is 11.0. The maximum absolute atomic E-state index is 3.37. The number of rotatable bonds is 3. The Morgan fingerprint density at radius 3 is 2.00 bits per heavy atom. The first-order valence-corrected chi connectivity index (χ1v) is 5.49. The lowest BCUT2D eigenvalue weighted by Gasteiger charge is -2.08. The predicted octanol–water partition coefficient (Wildman–Crippen LogP) is 4.09. The zero-order valence-electron chi connectivity index (χ0n) is 10.1. The van der Waals surface area contributed by atoms with Gasteiger partial charge in [-0.25, -0.2) is 0 Å². The van der Waals surface area contributed by atoms with Crippen molar-refractivity contribution in [3.05, 3.63) is 29.8 Å². The van der Waals surface area contributed by atoms with E-state index >= 15 is 0 Å². The second-order valence-electron chi connectivity index (χ2n) is 3.64. The Hall–Kier alpha value is -0.980. The predicted molar refractivity (Wildman–Crippen MR) is 65.9 cm³/mol. The molecule has 0 bridgehead atoms. The summed E-state index contributed by atoms with van der Waals surface area (Å²) in [6, 6.07) is 8.50. The van der Waals surface area contributed by atoms with Crippen molar-refractivity contribution in [2.75, 3.05) is 11.9 Å². The van der Waals surface area contributed by atoms with Crippen molar-refractivity contribution in [3.8, 4) is 0 Å². The quantitative estimate of drug-likeness (QED) is 0.762. The van der Waals surface area contributed by atoms with Crippen molar-refractivity contribution >= 4 is 5.69 Å². The van der Waals surface area contributed by atoms with Crippen LogP contribution in [0.3, 0.4) is 0 Å². The second-order valence-corrected chi connectivity index (χ2v) is 3.64. The largest absolute Gasteiger partial charge is 0.385 e. The molecular weight excluding hydrogens is 170 g/mol. The standard InChI is InChI=1S/C11H17N.C2H6/c1-9(2)8-12-11-6-4-10(3)5-7-11;1-2/h4-7,9,12H,8H2,1-3H3;1-2H3. The molecular formula is C13H23N. The summed E-state index contributed by atoms with van der Waals surface area (Å²) >= 11 is 0. The Bertz CT molecular complexity index is 223. The normalized spacial score (nSPS) is 9.29. The third kappa shape index (κ3) is 5.63. The topological polar surface area (TPSA) is 12.0 Å². The van der Waals surface area contributed by atoms with E-state index in [1.54, 1.807) is 0 Å². The molecule has 1 rings (SSSR count). The summed E-state index contributed by atoms with van der Waals surface area (Å²) in [6.07, 6.45) is 0. The van der Waals surface area contributed by atoms with Crippen molar-refractivity contribution in [2.24, 2.45) is 5.92 Å². The van der Waals surface area contributed by atoms with Crippen LogP contribution in [0.2, 0.25) is 0 Å². The van der Waals surface area contributed by atoms with Crippen molar-refractivity contribution in [1.29, 1.82) is 0 Å². The van der Waals surface area contributed by atoms with E-state index in [1.165, 1.54) is 11.3 Å². The molecule has 0 aliphatic heterocycles. The van der Waals surface area contributed by atoms with Gasteiger partial charge in [0.05, 0.1) is 0 Å². The highest BCUT2D eigenvalue weighted by atomic mass is 14.9. The molecule has 0 aliphatic rings. The van der Waals surface area contributed by atoms with E-state index in [0.717, 1.165) is 6.54 Å². The molecule has 0 saturated carbocycles. The molecule has 0 atom stereocenters. The third-order valence-electron chi connectivity index (χ3n) is 1.77. The lowest BCUT2D eigenvalue weighted by Crippen LogP contribution is -2.07. The first kappa shape index (κ1) is 13.0. The van der Waals surface area contributed by atoms with Gasteiger partial charge in [0.15, 0.2) is 0 Å². The molecule has 0 aromatic heterocycles. The van der Waals surface area contributed by atoms with Crippen LogP contribution in [0.5, 0.6) is 0 Å². The van der Waals surface area contributed by atoms with E-state index in [4.69, 9.17) is 0 Å². The Kier molecular flexibility index (Phi) is 6.91. The molecule has 0 fully saturated rings. The summed E-state index contributed by atoms with van der Waals surface area (Å²) in [5, 5.41) is 3.37. The van der Waals surface area contributed by atoms with Crippen LogP contribution in [-0.2, 0) is 0 Å². The molecule has 1 aromatic rings. The van der Waals surface area contributed by atoms with E-state index in [1.807, 2.05) is 13.8 Å². The highest BCUT2D eigenvalue weighted by molar-refractivity contribution is 5.44. The molecule has 1 aromatic carbocycles. The SMILES string of the molecule is CC.Cc1ccc(NCC(C)C)cc1. The monoisotopic (exact) mass is 193 g/mol. The summed E-state index contributed by atoms with van der Waals surface area (Å²) in [4.78, 5) is 0. The molecule has 0 saturated heterocycles.